The number of hydrogen-bond donors (Lipinski definition) is 2. The van der Waals surface area contributed by atoms with Crippen LogP contribution in [0.1, 0.15) is 12.0 Å². The van der Waals surface area contributed by atoms with Gasteiger partial charge in [-0.25, -0.2) is 18.4 Å². The Morgan fingerprint density at radius 1 is 1.38 bits per heavy atom. The largest absolute Gasteiger partial charge is 0.445 e. The quantitative estimate of drug-likeness (QED) is 0.564. The first-order chi connectivity index (χ1) is 11.2. The topological polar surface area (TPSA) is 153 Å². The van der Waals surface area contributed by atoms with Crippen LogP contribution in [-0.4, -0.2) is 53.9 Å². The van der Waals surface area contributed by atoms with E-state index in [-0.39, 0.29) is 31.8 Å². The monoisotopic (exact) mass is 359 g/mol. The summed E-state index contributed by atoms with van der Waals surface area (Å²) in [5.74, 6) is 0. The lowest BCUT2D eigenvalue weighted by molar-refractivity contribution is -0.384. The zero-order valence-corrected chi connectivity index (χ0v) is 13.4. The molecular formula is C13H17N3O7S. The van der Waals surface area contributed by atoms with E-state index in [4.69, 9.17) is 9.88 Å². The van der Waals surface area contributed by atoms with Crippen LogP contribution in [0.3, 0.4) is 0 Å². The third-order valence-electron chi connectivity index (χ3n) is 3.62. The van der Waals surface area contributed by atoms with Gasteiger partial charge in [0.15, 0.2) is 0 Å². The molecule has 11 heteroatoms. The van der Waals surface area contributed by atoms with E-state index >= 15 is 0 Å². The van der Waals surface area contributed by atoms with Gasteiger partial charge in [-0.2, -0.15) is 0 Å². The van der Waals surface area contributed by atoms with Crippen molar-refractivity contribution in [2.24, 2.45) is 5.14 Å². The molecule has 24 heavy (non-hydrogen) atoms. The summed E-state index contributed by atoms with van der Waals surface area (Å²) in [6.07, 6.45) is -1.83. The van der Waals surface area contributed by atoms with Gasteiger partial charge in [-0.3, -0.25) is 10.1 Å². The Hall–Kier alpha value is -2.24. The maximum atomic E-state index is 12.0. The number of primary sulfonamides is 1. The summed E-state index contributed by atoms with van der Waals surface area (Å²) in [7, 11) is -3.88. The van der Waals surface area contributed by atoms with Crippen molar-refractivity contribution in [3.63, 3.8) is 0 Å². The van der Waals surface area contributed by atoms with Gasteiger partial charge in [0.05, 0.1) is 22.8 Å². The van der Waals surface area contributed by atoms with E-state index in [0.717, 1.165) is 4.90 Å². The molecule has 0 saturated carbocycles. The number of amides is 1. The van der Waals surface area contributed by atoms with Crippen LogP contribution in [0.2, 0.25) is 0 Å². The van der Waals surface area contributed by atoms with Crippen LogP contribution >= 0.6 is 0 Å². The van der Waals surface area contributed by atoms with Gasteiger partial charge in [0.2, 0.25) is 10.0 Å². The fourth-order valence-electron chi connectivity index (χ4n) is 2.36. The van der Waals surface area contributed by atoms with Crippen LogP contribution < -0.4 is 5.14 Å². The standard InChI is InChI=1S/C13H17N3O7S/c14-24(21,22)12-5-11(17)6-15(7-12)13(18)23-8-9-1-3-10(4-2-9)16(19)20/h1-4,11-12,17H,5-8H2,(H2,14,21,22). The first-order valence-electron chi connectivity index (χ1n) is 7.01. The van der Waals surface area contributed by atoms with E-state index < -0.39 is 32.4 Å². The molecule has 0 radical (unpaired) electrons. The average molecular weight is 359 g/mol. The fraction of sp³-hybridized carbons (Fsp3) is 0.462. The number of nitro benzene ring substituents is 1. The number of sulfonamides is 1. The van der Waals surface area contributed by atoms with Gasteiger partial charge in [-0.15, -0.1) is 0 Å². The van der Waals surface area contributed by atoms with Crippen LogP contribution in [0.25, 0.3) is 0 Å². The van der Waals surface area contributed by atoms with Crippen molar-refractivity contribution >= 4 is 21.8 Å². The Kier molecular flexibility index (Phi) is 5.36. The second-order valence-electron chi connectivity index (χ2n) is 5.48. The number of nitrogens with zero attached hydrogens (tertiary/aromatic N) is 2. The molecule has 1 saturated heterocycles. The second-order valence-corrected chi connectivity index (χ2v) is 7.33. The lowest BCUT2D eigenvalue weighted by atomic mass is 10.1. The first-order valence-corrected chi connectivity index (χ1v) is 8.62. The third kappa shape index (κ3) is 4.63. The Morgan fingerprint density at radius 3 is 2.54 bits per heavy atom. The minimum atomic E-state index is -3.88. The zero-order valence-electron chi connectivity index (χ0n) is 12.6. The number of aliphatic hydroxyl groups is 1. The van der Waals surface area contributed by atoms with Crippen molar-refractivity contribution in [3.05, 3.63) is 39.9 Å². The Morgan fingerprint density at radius 2 is 2.00 bits per heavy atom. The summed E-state index contributed by atoms with van der Waals surface area (Å²) >= 11 is 0. The molecule has 132 valence electrons. The number of nitro groups is 1. The highest BCUT2D eigenvalue weighted by Crippen LogP contribution is 2.18. The van der Waals surface area contributed by atoms with Gasteiger partial charge in [-0.05, 0) is 24.1 Å². The van der Waals surface area contributed by atoms with E-state index in [2.05, 4.69) is 0 Å². The summed E-state index contributed by atoms with van der Waals surface area (Å²) in [4.78, 5) is 23.1. The van der Waals surface area contributed by atoms with E-state index in [0.29, 0.717) is 5.56 Å². The first kappa shape index (κ1) is 18.1. The number of β-amino-alcohol motifs (C(OH)–C–C–N with tert-alkyl or cyclic N) is 1. The molecule has 2 unspecified atom stereocenters. The molecule has 1 aromatic carbocycles. The van der Waals surface area contributed by atoms with Crippen LogP contribution in [0.15, 0.2) is 24.3 Å². The Labute approximate surface area is 138 Å². The van der Waals surface area contributed by atoms with Gasteiger partial charge in [0.1, 0.15) is 6.61 Å². The molecule has 0 aromatic heterocycles. The average Bonchev–Trinajstić information content (AvgIpc) is 2.51. The number of rotatable bonds is 4. The highest BCUT2D eigenvalue weighted by Gasteiger charge is 2.35. The highest BCUT2D eigenvalue weighted by molar-refractivity contribution is 7.89. The van der Waals surface area contributed by atoms with E-state index in [1.54, 1.807) is 0 Å². The van der Waals surface area contributed by atoms with Crippen molar-refractivity contribution in [2.75, 3.05) is 13.1 Å². The number of non-ortho nitro benzene ring substituents is 1. The van der Waals surface area contributed by atoms with Gasteiger partial charge in [-0.1, -0.05) is 0 Å². The lowest BCUT2D eigenvalue weighted by Gasteiger charge is -2.33. The number of hydrogen-bond acceptors (Lipinski definition) is 7. The number of ether oxygens (including phenoxy) is 1. The van der Waals surface area contributed by atoms with Crippen molar-refractivity contribution < 1.29 is 28.0 Å². The molecule has 1 aromatic rings. The molecule has 10 nitrogen and oxygen atoms in total. The van der Waals surface area contributed by atoms with Gasteiger partial charge in [0, 0.05) is 18.7 Å². The summed E-state index contributed by atoms with van der Waals surface area (Å²) < 4.78 is 27.8. The molecule has 0 aliphatic carbocycles. The van der Waals surface area contributed by atoms with Crippen LogP contribution in [0, 0.1) is 10.1 Å². The maximum absolute atomic E-state index is 12.0. The molecule has 0 bridgehead atoms. The predicted molar refractivity (Wildman–Crippen MR) is 82.4 cm³/mol. The van der Waals surface area contributed by atoms with Gasteiger partial charge < -0.3 is 14.7 Å². The molecule has 0 spiro atoms. The second kappa shape index (κ2) is 7.11. The number of aliphatic hydroxyl groups excluding tert-OH is 1. The fourth-order valence-corrected chi connectivity index (χ4v) is 3.24. The number of benzene rings is 1. The molecule has 1 amide bonds. The molecule has 1 aliphatic rings. The van der Waals surface area contributed by atoms with E-state index in [1.165, 1.54) is 24.3 Å². The summed E-state index contributed by atoms with van der Waals surface area (Å²) in [6, 6.07) is 5.46. The van der Waals surface area contributed by atoms with Crippen molar-refractivity contribution in [1.29, 1.82) is 0 Å². The molecule has 2 atom stereocenters. The number of likely N-dealkylation sites (tertiary alicyclic amines) is 1. The summed E-state index contributed by atoms with van der Waals surface area (Å²) in [5.41, 5.74) is 0.453. The van der Waals surface area contributed by atoms with E-state index in [9.17, 15) is 28.4 Å². The molecule has 2 rings (SSSR count). The lowest BCUT2D eigenvalue weighted by Crippen LogP contribution is -2.52. The van der Waals surface area contributed by atoms with Crippen LogP contribution in [0.4, 0.5) is 10.5 Å². The SMILES string of the molecule is NS(=O)(=O)C1CC(O)CN(C(=O)OCc2ccc([N+](=O)[O-])cc2)C1. The molecular weight excluding hydrogens is 342 g/mol. The van der Waals surface area contributed by atoms with Crippen LogP contribution in [-0.2, 0) is 21.4 Å². The van der Waals surface area contributed by atoms with Crippen molar-refractivity contribution in [1.82, 2.24) is 4.90 Å². The Bertz CT molecular complexity index is 720. The highest BCUT2D eigenvalue weighted by atomic mass is 32.2. The minimum Gasteiger partial charge on any atom is -0.445 e. The number of carbonyl (C=O) groups is 1. The van der Waals surface area contributed by atoms with E-state index in [1.807, 2.05) is 0 Å². The smallest absolute Gasteiger partial charge is 0.410 e. The molecule has 3 N–H and O–H groups in total. The summed E-state index contributed by atoms with van der Waals surface area (Å²) in [6.45, 7) is -0.344. The van der Waals surface area contributed by atoms with Crippen molar-refractivity contribution in [2.45, 2.75) is 24.4 Å². The zero-order chi connectivity index (χ0) is 17.9. The van der Waals surface area contributed by atoms with Crippen LogP contribution in [0.5, 0.6) is 0 Å². The Balaban J connectivity index is 1.95. The molecule has 1 fully saturated rings. The number of nitrogens with two attached hydrogens (primary N) is 1. The third-order valence-corrected chi connectivity index (χ3v) is 4.89. The van der Waals surface area contributed by atoms with Crippen molar-refractivity contribution in [3.8, 4) is 0 Å². The number of piperidine rings is 1. The number of carbonyl (C=O) groups excluding carboxylic acids is 1. The van der Waals surface area contributed by atoms with Gasteiger partial charge >= 0.3 is 6.09 Å². The molecule has 1 heterocycles. The minimum absolute atomic E-state index is 0.0367. The predicted octanol–water partition coefficient (Wildman–Crippen LogP) is -0.0449. The van der Waals surface area contributed by atoms with Gasteiger partial charge in [0.25, 0.3) is 5.69 Å². The molecule has 1 aliphatic heterocycles. The normalized spacial score (nSPS) is 21.3. The summed E-state index contributed by atoms with van der Waals surface area (Å²) in [5, 5.41) is 24.3. The maximum Gasteiger partial charge on any atom is 0.410 e.